The maximum atomic E-state index is 13.5. The molecular formula is C23H26N6O2. The molecule has 2 heterocycles. The highest BCUT2D eigenvalue weighted by Gasteiger charge is 2.22. The Morgan fingerprint density at radius 1 is 1.10 bits per heavy atom. The zero-order chi connectivity index (χ0) is 21.8. The molecule has 0 aliphatic rings. The van der Waals surface area contributed by atoms with E-state index in [-0.39, 0.29) is 5.91 Å². The summed E-state index contributed by atoms with van der Waals surface area (Å²) in [5, 5.41) is 15.0. The van der Waals surface area contributed by atoms with Gasteiger partial charge in [0.15, 0.2) is 5.69 Å². The second kappa shape index (κ2) is 9.01. The number of nitrogens with zero attached hydrogens (tertiary/aromatic N) is 4. The average molecular weight is 419 g/mol. The van der Waals surface area contributed by atoms with Gasteiger partial charge in [0.2, 0.25) is 0 Å². The molecule has 0 bridgehead atoms. The zero-order valence-electron chi connectivity index (χ0n) is 17.9. The van der Waals surface area contributed by atoms with Gasteiger partial charge in [0.05, 0.1) is 18.8 Å². The van der Waals surface area contributed by atoms with E-state index in [1.54, 1.807) is 13.3 Å². The first-order chi connectivity index (χ1) is 15.0. The van der Waals surface area contributed by atoms with Crippen LogP contribution in [0.3, 0.4) is 0 Å². The van der Waals surface area contributed by atoms with Gasteiger partial charge in [-0.15, -0.1) is 0 Å². The molecule has 0 spiro atoms. The van der Waals surface area contributed by atoms with E-state index in [0.29, 0.717) is 18.8 Å². The first-order valence-corrected chi connectivity index (χ1v) is 10.1. The standard InChI is InChI=1S/C23H26N6O2/c1-28(2)9-10-29(15-16-5-4-6-19(11-16)31-3)23(30)22-20-8-7-17(12-21(20)26-27-22)18-13-24-25-14-18/h4-8,11-14H,9-10,15H2,1-3H3,(H,24,25)(H,26,27). The van der Waals surface area contributed by atoms with Gasteiger partial charge in [-0.2, -0.15) is 10.2 Å². The third kappa shape index (κ3) is 4.59. The number of hydrogen-bond acceptors (Lipinski definition) is 5. The van der Waals surface area contributed by atoms with Crippen molar-refractivity contribution in [2.75, 3.05) is 34.3 Å². The van der Waals surface area contributed by atoms with Gasteiger partial charge in [0.1, 0.15) is 5.75 Å². The summed E-state index contributed by atoms with van der Waals surface area (Å²) < 4.78 is 5.33. The molecule has 8 nitrogen and oxygen atoms in total. The number of aromatic nitrogens is 4. The molecule has 0 aliphatic carbocycles. The molecular weight excluding hydrogens is 392 g/mol. The summed E-state index contributed by atoms with van der Waals surface area (Å²) in [6, 6.07) is 13.7. The van der Waals surface area contributed by atoms with Gasteiger partial charge in [0, 0.05) is 36.8 Å². The Kier molecular flexibility index (Phi) is 5.99. The molecule has 4 aromatic rings. The molecule has 0 saturated heterocycles. The van der Waals surface area contributed by atoms with Crippen LogP contribution in [-0.2, 0) is 6.54 Å². The van der Waals surface area contributed by atoms with Crippen molar-refractivity contribution >= 4 is 16.8 Å². The van der Waals surface area contributed by atoms with Crippen LogP contribution in [0.25, 0.3) is 22.0 Å². The quantitative estimate of drug-likeness (QED) is 0.459. The highest BCUT2D eigenvalue weighted by Crippen LogP contribution is 2.25. The molecule has 0 saturated carbocycles. The molecule has 8 heteroatoms. The third-order valence-corrected chi connectivity index (χ3v) is 5.21. The minimum Gasteiger partial charge on any atom is -0.497 e. The number of amides is 1. The number of nitrogens with one attached hydrogen (secondary N) is 2. The Bertz CT molecular complexity index is 1170. The summed E-state index contributed by atoms with van der Waals surface area (Å²) in [5.74, 6) is 0.668. The number of benzene rings is 2. The molecule has 0 fully saturated rings. The van der Waals surface area contributed by atoms with Gasteiger partial charge in [-0.25, -0.2) is 0 Å². The molecule has 31 heavy (non-hydrogen) atoms. The van der Waals surface area contributed by atoms with E-state index in [9.17, 15) is 4.79 Å². The lowest BCUT2D eigenvalue weighted by Crippen LogP contribution is -2.36. The number of hydrogen-bond donors (Lipinski definition) is 2. The third-order valence-electron chi connectivity index (χ3n) is 5.21. The molecule has 1 amide bonds. The number of ether oxygens (including phenoxy) is 1. The van der Waals surface area contributed by atoms with Crippen molar-refractivity contribution in [2.45, 2.75) is 6.54 Å². The van der Waals surface area contributed by atoms with Crippen LogP contribution in [0.2, 0.25) is 0 Å². The van der Waals surface area contributed by atoms with Crippen molar-refractivity contribution in [3.63, 3.8) is 0 Å². The molecule has 0 unspecified atom stereocenters. The lowest BCUT2D eigenvalue weighted by molar-refractivity contribution is 0.0727. The van der Waals surface area contributed by atoms with Crippen molar-refractivity contribution in [1.29, 1.82) is 0 Å². The first kappa shape index (κ1) is 20.6. The van der Waals surface area contributed by atoms with Crippen LogP contribution < -0.4 is 4.74 Å². The predicted molar refractivity (Wildman–Crippen MR) is 120 cm³/mol. The molecule has 4 rings (SSSR count). The Balaban J connectivity index is 1.63. The molecule has 0 aliphatic heterocycles. The molecule has 0 atom stereocenters. The number of carbonyl (C=O) groups excluding carboxylic acids is 1. The smallest absolute Gasteiger partial charge is 0.275 e. The second-order valence-electron chi connectivity index (χ2n) is 7.70. The van der Waals surface area contributed by atoms with Gasteiger partial charge >= 0.3 is 0 Å². The monoisotopic (exact) mass is 418 g/mol. The predicted octanol–water partition coefficient (Wildman–Crippen LogP) is 3.17. The fraction of sp³-hybridized carbons (Fsp3) is 0.261. The fourth-order valence-electron chi connectivity index (χ4n) is 3.49. The van der Waals surface area contributed by atoms with Crippen LogP contribution >= 0.6 is 0 Å². The van der Waals surface area contributed by atoms with Gasteiger partial charge in [0.25, 0.3) is 5.91 Å². The lowest BCUT2D eigenvalue weighted by Gasteiger charge is -2.24. The second-order valence-corrected chi connectivity index (χ2v) is 7.70. The number of aromatic amines is 2. The lowest BCUT2D eigenvalue weighted by atomic mass is 10.1. The summed E-state index contributed by atoms with van der Waals surface area (Å²) >= 11 is 0. The van der Waals surface area contributed by atoms with Crippen LogP contribution in [0.1, 0.15) is 16.1 Å². The van der Waals surface area contributed by atoms with E-state index in [1.165, 1.54) is 0 Å². The zero-order valence-corrected chi connectivity index (χ0v) is 17.9. The Hall–Kier alpha value is -3.65. The van der Waals surface area contributed by atoms with Crippen molar-refractivity contribution in [2.24, 2.45) is 0 Å². The minimum absolute atomic E-state index is 0.105. The topological polar surface area (TPSA) is 90.1 Å². The number of fused-ring (bicyclic) bond motifs is 1. The number of methoxy groups -OCH3 is 1. The van der Waals surface area contributed by atoms with E-state index in [2.05, 4.69) is 25.3 Å². The maximum Gasteiger partial charge on any atom is 0.275 e. The first-order valence-electron chi connectivity index (χ1n) is 10.1. The Morgan fingerprint density at radius 2 is 1.97 bits per heavy atom. The van der Waals surface area contributed by atoms with E-state index in [1.807, 2.05) is 67.7 Å². The van der Waals surface area contributed by atoms with Crippen LogP contribution in [0.15, 0.2) is 54.9 Å². The van der Waals surface area contributed by atoms with Gasteiger partial charge in [-0.3, -0.25) is 15.0 Å². The molecule has 0 radical (unpaired) electrons. The summed E-state index contributed by atoms with van der Waals surface area (Å²) in [4.78, 5) is 17.4. The summed E-state index contributed by atoms with van der Waals surface area (Å²) in [5.41, 5.74) is 4.24. The van der Waals surface area contributed by atoms with Crippen LogP contribution in [0.5, 0.6) is 5.75 Å². The summed E-state index contributed by atoms with van der Waals surface area (Å²) in [7, 11) is 5.63. The van der Waals surface area contributed by atoms with Gasteiger partial charge < -0.3 is 14.5 Å². The number of H-pyrrole nitrogens is 2. The number of carbonyl (C=O) groups is 1. The van der Waals surface area contributed by atoms with E-state index in [0.717, 1.165) is 39.9 Å². The van der Waals surface area contributed by atoms with Crippen molar-refractivity contribution in [3.05, 3.63) is 66.1 Å². The average Bonchev–Trinajstić information content (AvgIpc) is 3.45. The van der Waals surface area contributed by atoms with Crippen LogP contribution in [0.4, 0.5) is 0 Å². The Labute approximate surface area is 180 Å². The maximum absolute atomic E-state index is 13.5. The Morgan fingerprint density at radius 3 is 2.71 bits per heavy atom. The van der Waals surface area contributed by atoms with Crippen LogP contribution in [-0.4, -0.2) is 70.4 Å². The highest BCUT2D eigenvalue weighted by atomic mass is 16.5. The van der Waals surface area contributed by atoms with Crippen molar-refractivity contribution in [3.8, 4) is 16.9 Å². The van der Waals surface area contributed by atoms with E-state index < -0.39 is 0 Å². The normalized spacial score (nSPS) is 11.2. The van der Waals surface area contributed by atoms with Gasteiger partial charge in [-0.1, -0.05) is 18.2 Å². The van der Waals surface area contributed by atoms with Gasteiger partial charge in [-0.05, 0) is 49.5 Å². The largest absolute Gasteiger partial charge is 0.497 e. The molecule has 160 valence electrons. The highest BCUT2D eigenvalue weighted by molar-refractivity contribution is 6.05. The SMILES string of the molecule is COc1cccc(CN(CCN(C)C)C(=O)c2n[nH]c3cc(-c4cn[nH]c4)ccc23)c1. The molecule has 2 N–H and O–H groups in total. The van der Waals surface area contributed by atoms with E-state index in [4.69, 9.17) is 4.74 Å². The number of rotatable bonds is 8. The summed E-state index contributed by atoms with van der Waals surface area (Å²) in [6.45, 7) is 1.82. The van der Waals surface area contributed by atoms with E-state index >= 15 is 0 Å². The number of likely N-dealkylation sites (N-methyl/N-ethyl adjacent to an activating group) is 1. The minimum atomic E-state index is -0.105. The van der Waals surface area contributed by atoms with Crippen LogP contribution in [0, 0.1) is 0 Å². The van der Waals surface area contributed by atoms with Crippen molar-refractivity contribution in [1.82, 2.24) is 30.2 Å². The summed E-state index contributed by atoms with van der Waals surface area (Å²) in [6.07, 6.45) is 3.60. The van der Waals surface area contributed by atoms with Crippen molar-refractivity contribution < 1.29 is 9.53 Å². The fourth-order valence-corrected chi connectivity index (χ4v) is 3.49. The molecule has 2 aromatic heterocycles. The molecule has 2 aromatic carbocycles.